The van der Waals surface area contributed by atoms with E-state index in [-0.39, 0.29) is 18.4 Å². The topological polar surface area (TPSA) is 93.5 Å². The second kappa shape index (κ2) is 7.38. The van der Waals surface area contributed by atoms with Crippen LogP contribution in [0.25, 0.3) is 0 Å². The number of para-hydroxylation sites is 1. The highest BCUT2D eigenvalue weighted by Crippen LogP contribution is 2.29. The summed E-state index contributed by atoms with van der Waals surface area (Å²) in [6, 6.07) is 8.52. The highest BCUT2D eigenvalue weighted by Gasteiger charge is 2.39. The zero-order valence-corrected chi connectivity index (χ0v) is 12.8. The van der Waals surface area contributed by atoms with Crippen molar-refractivity contribution in [3.63, 3.8) is 0 Å². The van der Waals surface area contributed by atoms with Gasteiger partial charge in [-0.2, -0.15) is 0 Å². The Morgan fingerprint density at radius 3 is 2.50 bits per heavy atom. The molecule has 1 unspecified atom stereocenters. The van der Waals surface area contributed by atoms with Gasteiger partial charge in [0.05, 0.1) is 5.41 Å². The van der Waals surface area contributed by atoms with Crippen molar-refractivity contribution in [2.75, 3.05) is 25.1 Å². The van der Waals surface area contributed by atoms with Crippen molar-refractivity contribution in [1.29, 1.82) is 0 Å². The van der Waals surface area contributed by atoms with Crippen LogP contribution in [-0.4, -0.2) is 37.6 Å². The number of ether oxygens (including phenoxy) is 1. The number of nitrogens with one attached hydrogen (secondary N) is 2. The Morgan fingerprint density at radius 2 is 1.91 bits per heavy atom. The van der Waals surface area contributed by atoms with Crippen LogP contribution in [0.1, 0.15) is 19.8 Å². The molecule has 1 heterocycles. The van der Waals surface area contributed by atoms with E-state index in [0.29, 0.717) is 31.7 Å². The number of nitrogens with two attached hydrogens (primary N) is 1. The zero-order valence-electron chi connectivity index (χ0n) is 12.8. The maximum Gasteiger partial charge on any atom is 0.246 e. The van der Waals surface area contributed by atoms with E-state index in [1.807, 2.05) is 18.2 Å². The molecule has 0 bridgehead atoms. The van der Waals surface area contributed by atoms with Crippen LogP contribution in [0, 0.1) is 5.41 Å². The van der Waals surface area contributed by atoms with Crippen molar-refractivity contribution in [3.05, 3.63) is 30.3 Å². The van der Waals surface area contributed by atoms with Crippen LogP contribution in [0.5, 0.6) is 0 Å². The third kappa shape index (κ3) is 3.84. The van der Waals surface area contributed by atoms with Crippen LogP contribution >= 0.6 is 0 Å². The normalized spacial score (nSPS) is 18.3. The summed E-state index contributed by atoms with van der Waals surface area (Å²) >= 11 is 0. The molecule has 0 aromatic heterocycles. The van der Waals surface area contributed by atoms with Gasteiger partial charge in [0.15, 0.2) is 0 Å². The molecule has 1 aromatic carbocycles. The lowest BCUT2D eigenvalue weighted by atomic mass is 9.79. The van der Waals surface area contributed by atoms with E-state index in [2.05, 4.69) is 10.6 Å². The monoisotopic (exact) mass is 305 g/mol. The van der Waals surface area contributed by atoms with E-state index in [1.165, 1.54) is 0 Å². The third-order valence-corrected chi connectivity index (χ3v) is 4.10. The Hall–Kier alpha value is -1.92. The van der Waals surface area contributed by atoms with Gasteiger partial charge in [0.25, 0.3) is 0 Å². The number of hydrogen-bond donors (Lipinski definition) is 3. The van der Waals surface area contributed by atoms with Gasteiger partial charge in [0.1, 0.15) is 6.04 Å². The predicted octanol–water partition coefficient (Wildman–Crippen LogP) is 0.885. The Labute approximate surface area is 130 Å². The van der Waals surface area contributed by atoms with Crippen LogP contribution in [0.3, 0.4) is 0 Å². The van der Waals surface area contributed by atoms with Crippen molar-refractivity contribution in [3.8, 4) is 0 Å². The number of rotatable bonds is 5. The molecule has 1 aliphatic heterocycles. The zero-order chi connectivity index (χ0) is 16.0. The quantitative estimate of drug-likeness (QED) is 0.753. The highest BCUT2D eigenvalue weighted by molar-refractivity contribution is 5.97. The number of hydrogen-bond acceptors (Lipinski definition) is 4. The molecular weight excluding hydrogens is 282 g/mol. The molecule has 6 nitrogen and oxygen atoms in total. The summed E-state index contributed by atoms with van der Waals surface area (Å²) in [5.41, 5.74) is 5.87. The first kappa shape index (κ1) is 16.5. The summed E-state index contributed by atoms with van der Waals surface area (Å²) in [4.78, 5) is 24.6. The van der Waals surface area contributed by atoms with Gasteiger partial charge in [-0.3, -0.25) is 9.59 Å². The van der Waals surface area contributed by atoms with Crippen molar-refractivity contribution < 1.29 is 14.3 Å². The molecule has 0 aliphatic carbocycles. The van der Waals surface area contributed by atoms with Gasteiger partial charge in [-0.1, -0.05) is 18.2 Å². The molecule has 1 fully saturated rings. The fraction of sp³-hybridized carbons (Fsp3) is 0.500. The van der Waals surface area contributed by atoms with E-state index < -0.39 is 11.5 Å². The second-order valence-corrected chi connectivity index (χ2v) is 5.65. The lowest BCUT2D eigenvalue weighted by Crippen LogP contribution is -2.53. The average Bonchev–Trinajstić information content (AvgIpc) is 2.56. The van der Waals surface area contributed by atoms with Crippen LogP contribution in [-0.2, 0) is 14.3 Å². The second-order valence-electron chi connectivity index (χ2n) is 5.65. The molecule has 1 saturated heterocycles. The molecule has 120 valence electrons. The lowest BCUT2D eigenvalue weighted by molar-refractivity contribution is -0.138. The van der Waals surface area contributed by atoms with Crippen LogP contribution in [0.2, 0.25) is 0 Å². The summed E-state index contributed by atoms with van der Waals surface area (Å²) in [5.74, 6) is -0.423. The number of carbonyl (C=O) groups excluding carboxylic acids is 2. The van der Waals surface area contributed by atoms with Crippen molar-refractivity contribution in [2.45, 2.75) is 25.8 Å². The third-order valence-electron chi connectivity index (χ3n) is 4.10. The summed E-state index contributed by atoms with van der Waals surface area (Å²) < 4.78 is 5.29. The van der Waals surface area contributed by atoms with E-state index >= 15 is 0 Å². The molecule has 6 heteroatoms. The van der Waals surface area contributed by atoms with Gasteiger partial charge in [0, 0.05) is 25.4 Å². The van der Waals surface area contributed by atoms with Gasteiger partial charge in [-0.25, -0.2) is 0 Å². The molecule has 1 aromatic rings. The molecule has 0 spiro atoms. The Bertz CT molecular complexity index is 513. The molecular formula is C16H23N3O3. The first-order valence-electron chi connectivity index (χ1n) is 7.52. The molecule has 0 radical (unpaired) electrons. The van der Waals surface area contributed by atoms with Crippen LogP contribution < -0.4 is 16.4 Å². The largest absolute Gasteiger partial charge is 0.381 e. The molecule has 2 rings (SSSR count). The highest BCUT2D eigenvalue weighted by atomic mass is 16.5. The lowest BCUT2D eigenvalue weighted by Gasteiger charge is -2.35. The van der Waals surface area contributed by atoms with Gasteiger partial charge >= 0.3 is 0 Å². The van der Waals surface area contributed by atoms with Crippen LogP contribution in [0.4, 0.5) is 5.69 Å². The fourth-order valence-corrected chi connectivity index (χ4v) is 2.47. The Kier molecular flexibility index (Phi) is 5.51. The standard InChI is InChI=1S/C16H23N3O3/c1-12(14(20)19-13-5-3-2-4-6-13)18-15(21)16(11-17)7-9-22-10-8-16/h2-6,12H,7-11,17H2,1H3,(H,18,21)(H,19,20). The average molecular weight is 305 g/mol. The van der Waals surface area contributed by atoms with E-state index in [4.69, 9.17) is 10.5 Å². The van der Waals surface area contributed by atoms with Crippen molar-refractivity contribution >= 4 is 17.5 Å². The van der Waals surface area contributed by atoms with Crippen molar-refractivity contribution in [2.24, 2.45) is 11.1 Å². The fourth-order valence-electron chi connectivity index (χ4n) is 2.47. The minimum atomic E-state index is -0.626. The molecule has 22 heavy (non-hydrogen) atoms. The Balaban J connectivity index is 1.94. The van der Waals surface area contributed by atoms with Gasteiger partial charge in [-0.15, -0.1) is 0 Å². The number of carbonyl (C=O) groups is 2. The minimum Gasteiger partial charge on any atom is -0.381 e. The van der Waals surface area contributed by atoms with E-state index in [0.717, 1.165) is 0 Å². The number of benzene rings is 1. The smallest absolute Gasteiger partial charge is 0.246 e. The molecule has 1 atom stereocenters. The maximum absolute atomic E-state index is 12.5. The van der Waals surface area contributed by atoms with Gasteiger partial charge in [-0.05, 0) is 31.9 Å². The molecule has 2 amide bonds. The predicted molar refractivity (Wildman–Crippen MR) is 84.2 cm³/mol. The summed E-state index contributed by atoms with van der Waals surface area (Å²) in [6.07, 6.45) is 1.17. The van der Waals surface area contributed by atoms with Gasteiger partial charge in [0.2, 0.25) is 11.8 Å². The van der Waals surface area contributed by atoms with E-state index in [9.17, 15) is 9.59 Å². The minimum absolute atomic E-state index is 0.172. The molecule has 0 saturated carbocycles. The number of amides is 2. The summed E-state index contributed by atoms with van der Waals surface area (Å²) in [6.45, 7) is 2.97. The summed E-state index contributed by atoms with van der Waals surface area (Å²) in [7, 11) is 0. The maximum atomic E-state index is 12.5. The van der Waals surface area contributed by atoms with Crippen LogP contribution in [0.15, 0.2) is 30.3 Å². The number of anilines is 1. The Morgan fingerprint density at radius 1 is 1.27 bits per heavy atom. The van der Waals surface area contributed by atoms with Crippen molar-refractivity contribution in [1.82, 2.24) is 5.32 Å². The first-order chi connectivity index (χ1) is 10.6. The molecule has 4 N–H and O–H groups in total. The molecule has 1 aliphatic rings. The first-order valence-corrected chi connectivity index (χ1v) is 7.52. The summed E-state index contributed by atoms with van der Waals surface area (Å²) in [5, 5.41) is 5.55. The van der Waals surface area contributed by atoms with E-state index in [1.54, 1.807) is 19.1 Å². The SMILES string of the molecule is CC(NC(=O)C1(CN)CCOCC1)C(=O)Nc1ccccc1. The van der Waals surface area contributed by atoms with Gasteiger partial charge < -0.3 is 21.1 Å².